The van der Waals surface area contributed by atoms with E-state index in [1.807, 2.05) is 0 Å². The highest BCUT2D eigenvalue weighted by Gasteiger charge is 2.60. The van der Waals surface area contributed by atoms with E-state index in [9.17, 15) is 9.59 Å². The average molecular weight is 433 g/mol. The van der Waals surface area contributed by atoms with Crippen LogP contribution < -0.4 is 5.32 Å². The van der Waals surface area contributed by atoms with Crippen LogP contribution in [0.3, 0.4) is 0 Å². The first kappa shape index (κ1) is 20.6. The Kier molecular flexibility index (Phi) is 5.20. The zero-order valence-electron chi connectivity index (χ0n) is 16.8. The average Bonchev–Trinajstić information content (AvgIpc) is 3.32. The normalized spacial score (nSPS) is 22.4. The molecule has 3 atom stereocenters. The summed E-state index contributed by atoms with van der Waals surface area (Å²) >= 11 is 6.20. The molecule has 158 valence electrons. The Balaban J connectivity index is 1.56. The number of nitrogens with one attached hydrogen (secondary N) is 1. The maximum absolute atomic E-state index is 15.2. The van der Waals surface area contributed by atoms with Gasteiger partial charge in [0, 0.05) is 16.1 Å². The Morgan fingerprint density at radius 1 is 1.17 bits per heavy atom. The first-order valence-electron chi connectivity index (χ1n) is 9.65. The second-order valence-electron chi connectivity index (χ2n) is 8.35. The molecule has 0 spiro atoms. The van der Waals surface area contributed by atoms with Gasteiger partial charge in [-0.15, -0.1) is 0 Å². The lowest BCUT2D eigenvalue weighted by Crippen LogP contribution is -2.49. The number of carbonyl (C=O) groups is 2. The van der Waals surface area contributed by atoms with Crippen molar-refractivity contribution >= 4 is 29.3 Å². The number of benzene rings is 2. The molecule has 0 aromatic heterocycles. The van der Waals surface area contributed by atoms with Gasteiger partial charge in [-0.25, -0.2) is 9.18 Å². The molecular weight excluding hydrogens is 411 g/mol. The monoisotopic (exact) mass is 432 g/mol. The van der Waals surface area contributed by atoms with E-state index < -0.39 is 35.6 Å². The minimum Gasteiger partial charge on any atom is -0.444 e. The van der Waals surface area contributed by atoms with E-state index in [2.05, 4.69) is 5.32 Å². The van der Waals surface area contributed by atoms with Gasteiger partial charge < -0.3 is 14.8 Å². The van der Waals surface area contributed by atoms with E-state index >= 15 is 4.39 Å². The van der Waals surface area contributed by atoms with Crippen LogP contribution in [-0.4, -0.2) is 47.3 Å². The van der Waals surface area contributed by atoms with Gasteiger partial charge in [0.05, 0.1) is 12.2 Å². The van der Waals surface area contributed by atoms with E-state index in [1.165, 1.54) is 11.0 Å². The molecule has 2 aliphatic heterocycles. The number of morpholine rings is 1. The number of ether oxygens (including phenoxy) is 2. The van der Waals surface area contributed by atoms with Crippen molar-refractivity contribution in [2.75, 3.05) is 11.9 Å². The smallest absolute Gasteiger partial charge is 0.411 e. The summed E-state index contributed by atoms with van der Waals surface area (Å²) in [6, 6.07) is 10.7. The van der Waals surface area contributed by atoms with E-state index in [1.54, 1.807) is 57.2 Å². The summed E-state index contributed by atoms with van der Waals surface area (Å²) in [5, 5.41) is 3.00. The van der Waals surface area contributed by atoms with Crippen LogP contribution >= 0.6 is 11.6 Å². The van der Waals surface area contributed by atoms with Crippen molar-refractivity contribution in [1.82, 2.24) is 4.90 Å². The molecule has 2 saturated heterocycles. The van der Waals surface area contributed by atoms with Gasteiger partial charge in [0.25, 0.3) is 0 Å². The summed E-state index contributed by atoms with van der Waals surface area (Å²) in [6.07, 6.45) is -1.20. The van der Waals surface area contributed by atoms with Crippen molar-refractivity contribution in [2.45, 2.75) is 44.6 Å². The first-order chi connectivity index (χ1) is 14.2. The van der Waals surface area contributed by atoms with E-state index in [0.717, 1.165) is 0 Å². The van der Waals surface area contributed by atoms with Gasteiger partial charge in [0.15, 0.2) is 5.82 Å². The maximum Gasteiger partial charge on any atom is 0.411 e. The summed E-state index contributed by atoms with van der Waals surface area (Å²) in [6.45, 7) is 5.52. The van der Waals surface area contributed by atoms with Gasteiger partial charge in [-0.1, -0.05) is 41.9 Å². The molecular formula is C22H22ClFN2O4. The molecule has 0 bridgehead atoms. The lowest BCUT2D eigenvalue weighted by molar-refractivity contribution is -0.121. The molecule has 8 heteroatoms. The Hall–Kier alpha value is -2.64. The number of likely N-dealkylation sites (tertiary alicyclic amines) is 1. The Morgan fingerprint density at radius 2 is 1.87 bits per heavy atom. The number of nitrogens with zero attached hydrogens (tertiary/aromatic N) is 1. The molecule has 1 N–H and O–H groups in total. The predicted octanol–water partition coefficient (Wildman–Crippen LogP) is 4.47. The van der Waals surface area contributed by atoms with Crippen LogP contribution in [0.2, 0.25) is 5.02 Å². The fourth-order valence-electron chi connectivity index (χ4n) is 3.59. The molecule has 2 fully saturated rings. The number of rotatable bonds is 3. The highest BCUT2D eigenvalue weighted by Crippen LogP contribution is 2.38. The predicted molar refractivity (Wildman–Crippen MR) is 111 cm³/mol. The third-order valence-electron chi connectivity index (χ3n) is 4.96. The van der Waals surface area contributed by atoms with Crippen LogP contribution in [0, 0.1) is 5.82 Å². The summed E-state index contributed by atoms with van der Waals surface area (Å²) < 4.78 is 26.0. The topological polar surface area (TPSA) is 71.2 Å². The number of anilines is 1. The number of halogens is 2. The second kappa shape index (κ2) is 7.56. The van der Waals surface area contributed by atoms with Crippen molar-refractivity contribution in [3.63, 3.8) is 0 Å². The van der Waals surface area contributed by atoms with Crippen LogP contribution in [0.25, 0.3) is 11.1 Å². The van der Waals surface area contributed by atoms with Gasteiger partial charge in [-0.2, -0.15) is 0 Å². The van der Waals surface area contributed by atoms with Gasteiger partial charge >= 0.3 is 6.09 Å². The molecule has 2 amide bonds. The summed E-state index contributed by atoms with van der Waals surface area (Å²) in [7, 11) is 0. The fraction of sp³-hybridized carbons (Fsp3) is 0.364. The first-order valence-corrected chi connectivity index (χ1v) is 10.0. The van der Waals surface area contributed by atoms with Crippen LogP contribution in [0.1, 0.15) is 20.8 Å². The molecule has 6 nitrogen and oxygen atoms in total. The number of hydrogen-bond donors (Lipinski definition) is 1. The maximum atomic E-state index is 15.2. The molecule has 0 unspecified atom stereocenters. The van der Waals surface area contributed by atoms with Crippen LogP contribution in [0.5, 0.6) is 0 Å². The minimum atomic E-state index is -0.881. The molecule has 2 aromatic rings. The third kappa shape index (κ3) is 4.00. The highest BCUT2D eigenvalue weighted by molar-refractivity contribution is 6.33. The quantitative estimate of drug-likeness (QED) is 0.726. The van der Waals surface area contributed by atoms with Gasteiger partial charge in [0.1, 0.15) is 23.9 Å². The standard InChI is InChI=1S/C22H22ClFN2O4/c1-22(2,3)30-21(28)26-11-16-19(29-16)18(26)20(27)25-15-10-6-8-13(17(15)24)12-7-4-5-9-14(12)23/h4-10,16,18-19H,11H2,1-3H3,(H,25,27)/t16-,18+,19-/m1/s1. The Morgan fingerprint density at radius 3 is 2.57 bits per heavy atom. The van der Waals surface area contributed by atoms with Crippen LogP contribution in [0.15, 0.2) is 42.5 Å². The molecule has 30 heavy (non-hydrogen) atoms. The van der Waals surface area contributed by atoms with Gasteiger partial charge in [-0.3, -0.25) is 9.69 Å². The number of carbonyl (C=O) groups excluding carboxylic acids is 2. The number of hydrogen-bond acceptors (Lipinski definition) is 4. The van der Waals surface area contributed by atoms with E-state index in [0.29, 0.717) is 10.6 Å². The summed E-state index contributed by atoms with van der Waals surface area (Å²) in [5.41, 5.74) is 0.107. The molecule has 2 aliphatic rings. The molecule has 2 heterocycles. The zero-order valence-corrected chi connectivity index (χ0v) is 17.6. The lowest BCUT2D eigenvalue weighted by atomic mass is 10.0. The number of epoxide rings is 1. The van der Waals surface area contributed by atoms with Crippen molar-refractivity contribution < 1.29 is 23.5 Å². The van der Waals surface area contributed by atoms with Gasteiger partial charge in [0.2, 0.25) is 5.91 Å². The lowest BCUT2D eigenvalue weighted by Gasteiger charge is -2.29. The second-order valence-corrected chi connectivity index (χ2v) is 8.76. The van der Waals surface area contributed by atoms with Crippen molar-refractivity contribution in [1.29, 1.82) is 0 Å². The number of fused-ring (bicyclic) bond motifs is 1. The van der Waals surface area contributed by atoms with Crippen LogP contribution in [0.4, 0.5) is 14.9 Å². The summed E-state index contributed by atoms with van der Waals surface area (Å²) in [5.74, 6) is -1.13. The highest BCUT2D eigenvalue weighted by atomic mass is 35.5. The van der Waals surface area contributed by atoms with Crippen molar-refractivity contribution in [3.05, 3.63) is 53.3 Å². The molecule has 4 rings (SSSR count). The Labute approximate surface area is 178 Å². The molecule has 0 saturated carbocycles. The van der Waals surface area contributed by atoms with E-state index in [-0.39, 0.29) is 23.9 Å². The van der Waals surface area contributed by atoms with Gasteiger partial charge in [-0.05, 0) is 32.9 Å². The minimum absolute atomic E-state index is 0.00524. The van der Waals surface area contributed by atoms with Crippen molar-refractivity contribution in [2.24, 2.45) is 0 Å². The molecule has 0 radical (unpaired) electrons. The zero-order chi connectivity index (χ0) is 21.6. The SMILES string of the molecule is CC(C)(C)OC(=O)N1C[C@H]2O[C@H]2[C@H]1C(=O)Nc1cccc(-c2ccccc2Cl)c1F. The number of amides is 2. The van der Waals surface area contributed by atoms with Crippen molar-refractivity contribution in [3.8, 4) is 11.1 Å². The molecule has 0 aliphatic carbocycles. The fourth-order valence-corrected chi connectivity index (χ4v) is 3.83. The largest absolute Gasteiger partial charge is 0.444 e. The molecule has 2 aromatic carbocycles. The summed E-state index contributed by atoms with van der Waals surface area (Å²) in [4.78, 5) is 26.8. The van der Waals surface area contributed by atoms with Crippen LogP contribution in [-0.2, 0) is 14.3 Å². The van der Waals surface area contributed by atoms with E-state index in [4.69, 9.17) is 21.1 Å². The third-order valence-corrected chi connectivity index (χ3v) is 5.29. The Bertz CT molecular complexity index is 1010.